The van der Waals surface area contributed by atoms with E-state index in [-0.39, 0.29) is 35.8 Å². The Kier molecular flexibility index (Phi) is 9.99. The number of ether oxygens (including phenoxy) is 1. The predicted octanol–water partition coefficient (Wildman–Crippen LogP) is 6.13. The topological polar surface area (TPSA) is 121 Å². The van der Waals surface area contributed by atoms with Crippen LogP contribution in [-0.2, 0) is 33.0 Å². The number of aryl methyl sites for hydroxylation is 1. The third-order valence-electron chi connectivity index (χ3n) is 11.2. The largest absolute Gasteiger partial charge is 0.432 e. The molecule has 1 unspecified atom stereocenters. The summed E-state index contributed by atoms with van der Waals surface area (Å²) in [5, 5.41) is 19.0. The summed E-state index contributed by atoms with van der Waals surface area (Å²) in [7, 11) is -2.90. The molecule has 10 nitrogen and oxygen atoms in total. The third kappa shape index (κ3) is 6.68. The van der Waals surface area contributed by atoms with Gasteiger partial charge in [-0.2, -0.15) is 0 Å². The fourth-order valence-corrected chi connectivity index (χ4v) is 11.4. The summed E-state index contributed by atoms with van der Waals surface area (Å²) in [4.78, 5) is 43.9. The van der Waals surface area contributed by atoms with Gasteiger partial charge in [-0.3, -0.25) is 14.3 Å². The second-order valence-electron chi connectivity index (χ2n) is 15.0. The van der Waals surface area contributed by atoms with Crippen LogP contribution in [0.25, 0.3) is 0 Å². The monoisotopic (exact) mass is 707 g/mol. The van der Waals surface area contributed by atoms with Crippen molar-refractivity contribution in [2.24, 2.45) is 5.92 Å². The highest BCUT2D eigenvalue weighted by molar-refractivity contribution is 6.71. The van der Waals surface area contributed by atoms with Crippen LogP contribution < -0.4 is 9.80 Å². The number of hydrogen-bond acceptors (Lipinski definition) is 7. The average Bonchev–Trinajstić information content (AvgIpc) is 3.77. The van der Waals surface area contributed by atoms with E-state index in [1.807, 2.05) is 108 Å². The van der Waals surface area contributed by atoms with E-state index in [0.29, 0.717) is 38.2 Å². The van der Waals surface area contributed by atoms with Gasteiger partial charge in [0, 0.05) is 48.4 Å². The number of carbonyl (C=O) groups is 2. The van der Waals surface area contributed by atoms with Crippen LogP contribution in [0.4, 0.5) is 11.4 Å². The van der Waals surface area contributed by atoms with Gasteiger partial charge in [-0.15, -0.1) is 5.10 Å². The molecule has 0 aliphatic carbocycles. The summed E-state index contributed by atoms with van der Waals surface area (Å²) >= 11 is 0. The second-order valence-corrected chi connectivity index (χ2v) is 19.0. The van der Waals surface area contributed by atoms with Gasteiger partial charge in [0.05, 0.1) is 36.6 Å². The number of anilines is 2. The van der Waals surface area contributed by atoms with Gasteiger partial charge in [-0.25, -0.2) is 0 Å². The van der Waals surface area contributed by atoms with Gasteiger partial charge in [0.25, 0.3) is 5.91 Å². The van der Waals surface area contributed by atoms with E-state index in [2.05, 4.69) is 17.2 Å². The molecule has 51 heavy (non-hydrogen) atoms. The molecule has 0 bridgehead atoms. The molecule has 0 saturated carbocycles. The van der Waals surface area contributed by atoms with Crippen molar-refractivity contribution < 1.29 is 24.2 Å². The first-order valence-corrected chi connectivity index (χ1v) is 21.4. The fourth-order valence-electron chi connectivity index (χ4n) is 8.76. The summed E-state index contributed by atoms with van der Waals surface area (Å²) in [6, 6.07) is 25.7. The van der Waals surface area contributed by atoms with Crippen molar-refractivity contribution in [1.29, 1.82) is 0 Å². The molecule has 2 N–H and O–H groups in total. The summed E-state index contributed by atoms with van der Waals surface area (Å²) in [6.07, 6.45) is 6.42. The minimum atomic E-state index is -2.90. The highest BCUT2D eigenvalue weighted by Gasteiger charge is 2.66. The summed E-state index contributed by atoms with van der Waals surface area (Å²) in [5.41, 5.74) is 3.41. The molecule has 5 atom stereocenters. The van der Waals surface area contributed by atoms with Crippen LogP contribution in [0.5, 0.6) is 0 Å². The number of hydrogen-bond donors (Lipinski definition) is 2. The molecule has 4 heterocycles. The van der Waals surface area contributed by atoms with Crippen molar-refractivity contribution in [3.63, 3.8) is 0 Å². The highest BCUT2D eigenvalue weighted by Crippen LogP contribution is 2.60. The smallest absolute Gasteiger partial charge is 0.264 e. The minimum absolute atomic E-state index is 0.0904. The Morgan fingerprint density at radius 3 is 2.43 bits per heavy atom. The van der Waals surface area contributed by atoms with Gasteiger partial charge >= 0.3 is 0 Å². The van der Waals surface area contributed by atoms with Crippen molar-refractivity contribution >= 4 is 31.5 Å². The number of benzene rings is 3. The molecule has 2 saturated heterocycles. The van der Waals surface area contributed by atoms with E-state index in [0.717, 1.165) is 53.7 Å². The van der Waals surface area contributed by atoms with Crippen molar-refractivity contribution in [2.45, 2.75) is 94.8 Å². The standard InChI is InChI=1S/C40H49N5O5Si/c1-28-38(51(2,3)49)36(21-23-43-26-34(41-42-43)32(27-46)30-16-10-7-11-17-30)50-40(28)33-24-31(44-22-13-5-4-12-18-37(44)47)19-20-35(33)45(39(40)48)25-29-14-8-6-9-15-29/h6-11,14-17,19-20,24,26,28,32,36,38,46,49H,4-5,12-13,18,21-23,25,27H2,1-3H3/t28-,32?,36+,38-,40+/m0/s1. The Labute approximate surface area is 301 Å². The Balaban J connectivity index is 1.23. The zero-order valence-corrected chi connectivity index (χ0v) is 30.8. The minimum Gasteiger partial charge on any atom is -0.432 e. The van der Waals surface area contributed by atoms with Crippen LogP contribution >= 0.6 is 0 Å². The molecule has 11 heteroatoms. The first-order chi connectivity index (χ1) is 24.6. The molecule has 1 spiro atoms. The van der Waals surface area contributed by atoms with Gasteiger partial charge in [-0.05, 0) is 61.7 Å². The lowest BCUT2D eigenvalue weighted by Gasteiger charge is -2.33. The maximum absolute atomic E-state index is 15.0. The summed E-state index contributed by atoms with van der Waals surface area (Å²) < 4.78 is 8.89. The van der Waals surface area contributed by atoms with Gasteiger partial charge in [0.2, 0.25) is 5.91 Å². The van der Waals surface area contributed by atoms with Gasteiger partial charge in [-0.1, -0.05) is 85.6 Å². The van der Waals surface area contributed by atoms with Crippen LogP contribution in [0.3, 0.4) is 0 Å². The molecule has 268 valence electrons. The predicted molar refractivity (Wildman–Crippen MR) is 199 cm³/mol. The molecule has 1 aromatic heterocycles. The molecule has 3 aromatic carbocycles. The SMILES string of the molecule is C[C@H]1[C@H]([Si](C)(C)O)[C@@H](CCn2cc(C(CO)c3ccccc3)nn2)O[C@]12C(=O)N(Cc1ccccc1)c1ccc(N3CCCCCCC3=O)cc12. The Morgan fingerprint density at radius 2 is 1.71 bits per heavy atom. The van der Waals surface area contributed by atoms with E-state index in [4.69, 9.17) is 4.74 Å². The number of aliphatic hydroxyl groups is 1. The Hall–Kier alpha value is -4.16. The van der Waals surface area contributed by atoms with Crippen LogP contribution in [0.15, 0.2) is 85.1 Å². The maximum atomic E-state index is 15.0. The number of nitrogens with zero attached hydrogens (tertiary/aromatic N) is 5. The fraction of sp³-hybridized carbons (Fsp3) is 0.450. The van der Waals surface area contributed by atoms with Crippen LogP contribution in [0.1, 0.15) is 73.8 Å². The lowest BCUT2D eigenvalue weighted by molar-refractivity contribution is -0.146. The van der Waals surface area contributed by atoms with E-state index >= 15 is 0 Å². The summed E-state index contributed by atoms with van der Waals surface area (Å²) in [5.74, 6) is -0.646. The lowest BCUT2D eigenvalue weighted by atomic mass is 9.82. The highest BCUT2D eigenvalue weighted by atomic mass is 28.4. The maximum Gasteiger partial charge on any atom is 0.264 e. The first kappa shape index (κ1) is 35.2. The lowest BCUT2D eigenvalue weighted by Crippen LogP contribution is -2.46. The number of fused-ring (bicyclic) bond motifs is 2. The van der Waals surface area contributed by atoms with Gasteiger partial charge < -0.3 is 24.4 Å². The van der Waals surface area contributed by atoms with Crippen molar-refractivity contribution in [1.82, 2.24) is 15.0 Å². The van der Waals surface area contributed by atoms with E-state index < -0.39 is 20.0 Å². The molecule has 2 amide bonds. The number of amides is 2. The van der Waals surface area contributed by atoms with E-state index in [9.17, 15) is 19.5 Å². The molecule has 0 radical (unpaired) electrons. The van der Waals surface area contributed by atoms with Crippen molar-refractivity contribution in [2.75, 3.05) is 23.0 Å². The number of aromatic nitrogens is 3. The van der Waals surface area contributed by atoms with Gasteiger partial charge in [0.15, 0.2) is 13.9 Å². The molecular formula is C40H49N5O5Si. The quantitative estimate of drug-likeness (QED) is 0.190. The second kappa shape index (κ2) is 14.5. The molecular weight excluding hydrogens is 659 g/mol. The molecule has 7 rings (SSSR count). The first-order valence-electron chi connectivity index (χ1n) is 18.4. The molecule has 3 aliphatic rings. The average molecular weight is 708 g/mol. The third-order valence-corrected chi connectivity index (χ3v) is 13.7. The van der Waals surface area contributed by atoms with E-state index in [1.54, 1.807) is 4.68 Å². The van der Waals surface area contributed by atoms with Crippen LogP contribution in [-0.4, -0.2) is 64.3 Å². The Morgan fingerprint density at radius 1 is 0.980 bits per heavy atom. The number of carbonyl (C=O) groups excluding carboxylic acids is 2. The molecule has 4 aromatic rings. The van der Waals surface area contributed by atoms with Gasteiger partial charge in [0.1, 0.15) is 0 Å². The van der Waals surface area contributed by atoms with Crippen LogP contribution in [0.2, 0.25) is 18.6 Å². The normalized spacial score (nSPS) is 24.5. The van der Waals surface area contributed by atoms with Crippen molar-refractivity contribution in [3.8, 4) is 0 Å². The van der Waals surface area contributed by atoms with Crippen LogP contribution in [0, 0.1) is 5.92 Å². The Bertz CT molecular complexity index is 1850. The van der Waals surface area contributed by atoms with Crippen molar-refractivity contribution in [3.05, 3.63) is 107 Å². The number of aliphatic hydroxyl groups excluding tert-OH is 1. The van der Waals surface area contributed by atoms with E-state index in [1.165, 1.54) is 0 Å². The zero-order chi connectivity index (χ0) is 35.8. The summed E-state index contributed by atoms with van der Waals surface area (Å²) in [6.45, 7) is 7.32. The molecule has 2 fully saturated rings. The number of rotatable bonds is 10. The zero-order valence-electron chi connectivity index (χ0n) is 29.8. The molecule has 3 aliphatic heterocycles.